The van der Waals surface area contributed by atoms with Crippen molar-refractivity contribution >= 4 is 17.6 Å². The van der Waals surface area contributed by atoms with Gasteiger partial charge in [-0.3, -0.25) is 14.5 Å². The first-order chi connectivity index (χ1) is 17.4. The molecule has 4 aliphatic heterocycles. The fourth-order valence-corrected chi connectivity index (χ4v) is 5.74. The molecule has 4 aliphatic rings. The van der Waals surface area contributed by atoms with Gasteiger partial charge in [-0.2, -0.15) is 0 Å². The van der Waals surface area contributed by atoms with E-state index in [0.29, 0.717) is 45.1 Å². The lowest BCUT2D eigenvalue weighted by atomic mass is 9.98. The summed E-state index contributed by atoms with van der Waals surface area (Å²) in [7, 11) is 0. The van der Waals surface area contributed by atoms with E-state index < -0.39 is 11.6 Å². The summed E-state index contributed by atoms with van der Waals surface area (Å²) in [6, 6.07) is 14.5. The van der Waals surface area contributed by atoms with Gasteiger partial charge in [-0.1, -0.05) is 30.3 Å². The Morgan fingerprint density at radius 3 is 2.69 bits per heavy atom. The van der Waals surface area contributed by atoms with Crippen molar-refractivity contribution in [2.75, 3.05) is 39.5 Å². The number of hydrogen-bond acceptors (Lipinski definition) is 6. The van der Waals surface area contributed by atoms with Gasteiger partial charge in [-0.25, -0.2) is 4.99 Å². The lowest BCUT2D eigenvalue weighted by molar-refractivity contribution is -0.138. The molecule has 4 heterocycles. The van der Waals surface area contributed by atoms with Crippen molar-refractivity contribution in [3.63, 3.8) is 0 Å². The zero-order chi connectivity index (χ0) is 24.9. The number of fused-ring (bicyclic) bond motifs is 1. The molecule has 36 heavy (non-hydrogen) atoms. The number of nitrogens with zero attached hydrogens (tertiary/aromatic N) is 3. The zero-order valence-electron chi connectivity index (χ0n) is 20.5. The summed E-state index contributed by atoms with van der Waals surface area (Å²) in [5.41, 5.74) is 3.53. The summed E-state index contributed by atoms with van der Waals surface area (Å²) in [4.78, 5) is 34.3. The largest absolute Gasteiger partial charge is 0.493 e. The molecular formula is C28H31N3O5. The number of hydrogen-bond donors (Lipinski definition) is 1. The molecule has 2 fully saturated rings. The summed E-state index contributed by atoms with van der Waals surface area (Å²) >= 11 is 0. The molecule has 8 heteroatoms. The first-order valence-electron chi connectivity index (χ1n) is 12.8. The third kappa shape index (κ3) is 3.98. The van der Waals surface area contributed by atoms with Gasteiger partial charge in [0.2, 0.25) is 0 Å². The molecule has 0 bridgehead atoms. The minimum atomic E-state index is -1.01. The Morgan fingerprint density at radius 2 is 1.94 bits per heavy atom. The Hall–Kier alpha value is -3.23. The average molecular weight is 490 g/mol. The van der Waals surface area contributed by atoms with Crippen LogP contribution in [0.2, 0.25) is 0 Å². The van der Waals surface area contributed by atoms with E-state index in [9.17, 15) is 14.7 Å². The lowest BCUT2D eigenvalue weighted by Gasteiger charge is -2.25. The fourth-order valence-electron chi connectivity index (χ4n) is 5.74. The van der Waals surface area contributed by atoms with E-state index in [1.165, 1.54) is 12.5 Å². The second kappa shape index (κ2) is 9.01. The number of carbonyl (C=O) groups is 2. The van der Waals surface area contributed by atoms with Crippen molar-refractivity contribution in [2.45, 2.75) is 37.8 Å². The maximum Gasteiger partial charge on any atom is 0.258 e. The predicted molar refractivity (Wildman–Crippen MR) is 134 cm³/mol. The van der Waals surface area contributed by atoms with Gasteiger partial charge in [0.25, 0.3) is 11.8 Å². The van der Waals surface area contributed by atoms with Crippen LogP contribution >= 0.6 is 0 Å². The second-order valence-corrected chi connectivity index (χ2v) is 10.3. The number of rotatable bonds is 5. The molecule has 0 aliphatic carbocycles. The molecule has 2 amide bonds. The number of aliphatic hydroxyl groups excluding tert-OH is 1. The highest BCUT2D eigenvalue weighted by Crippen LogP contribution is 2.35. The zero-order valence-corrected chi connectivity index (χ0v) is 20.5. The smallest absolute Gasteiger partial charge is 0.258 e. The summed E-state index contributed by atoms with van der Waals surface area (Å²) in [5, 5.41) is 9.68. The van der Waals surface area contributed by atoms with Gasteiger partial charge in [0, 0.05) is 44.6 Å². The number of aliphatic hydroxyl groups is 1. The molecule has 6 rings (SSSR count). The number of likely N-dealkylation sites (tertiary alicyclic amines) is 1. The van der Waals surface area contributed by atoms with Crippen molar-refractivity contribution in [1.29, 1.82) is 0 Å². The number of benzene rings is 2. The molecule has 3 atom stereocenters. The van der Waals surface area contributed by atoms with Gasteiger partial charge < -0.3 is 19.5 Å². The van der Waals surface area contributed by atoms with Gasteiger partial charge in [0.1, 0.15) is 17.7 Å². The molecule has 1 spiro atoms. The van der Waals surface area contributed by atoms with Crippen LogP contribution in [-0.4, -0.2) is 83.7 Å². The summed E-state index contributed by atoms with van der Waals surface area (Å²) < 4.78 is 11.2. The van der Waals surface area contributed by atoms with Crippen LogP contribution in [0.3, 0.4) is 0 Å². The Labute approximate surface area is 210 Å². The Balaban J connectivity index is 1.25. The van der Waals surface area contributed by atoms with Crippen LogP contribution in [-0.2, 0) is 20.7 Å². The quantitative estimate of drug-likeness (QED) is 0.696. The lowest BCUT2D eigenvalue weighted by Crippen LogP contribution is -2.45. The standard InChI is InChI=1S/C28H31N3O5/c1-18(32)26(33)30-11-8-19(15-30)16-31-25(29-28(27(31)34)10-13-35-17-28)21-4-2-20(3-5-21)22-6-7-24-23(14-22)9-12-36-24/h2-7,14,18-19,32H,8-13,15-17H2,1H3/t18?,19-,28?/m1/s1. The first-order valence-corrected chi connectivity index (χ1v) is 12.8. The molecule has 2 unspecified atom stereocenters. The minimum Gasteiger partial charge on any atom is -0.493 e. The van der Waals surface area contributed by atoms with Crippen molar-refractivity contribution in [3.8, 4) is 16.9 Å². The second-order valence-electron chi connectivity index (χ2n) is 10.3. The number of carbonyl (C=O) groups excluding carboxylic acids is 2. The normalized spacial score (nSPS) is 25.9. The summed E-state index contributed by atoms with van der Waals surface area (Å²) in [5.74, 6) is 1.51. The van der Waals surface area contributed by atoms with E-state index in [0.717, 1.165) is 41.9 Å². The molecule has 0 radical (unpaired) electrons. The van der Waals surface area contributed by atoms with E-state index in [2.05, 4.69) is 24.3 Å². The van der Waals surface area contributed by atoms with Crippen molar-refractivity contribution < 1.29 is 24.2 Å². The van der Waals surface area contributed by atoms with Crippen LogP contribution in [0.15, 0.2) is 47.5 Å². The molecular weight excluding hydrogens is 458 g/mol. The molecule has 2 saturated heterocycles. The monoisotopic (exact) mass is 489 g/mol. The highest BCUT2D eigenvalue weighted by atomic mass is 16.5. The number of ether oxygens (including phenoxy) is 2. The topological polar surface area (TPSA) is 91.7 Å². The van der Waals surface area contributed by atoms with Crippen molar-refractivity contribution in [2.24, 2.45) is 10.9 Å². The maximum absolute atomic E-state index is 13.6. The maximum atomic E-state index is 13.6. The molecule has 2 aromatic rings. The highest BCUT2D eigenvalue weighted by Gasteiger charge is 2.51. The summed E-state index contributed by atoms with van der Waals surface area (Å²) in [6.07, 6.45) is 1.30. The number of amidine groups is 1. The van der Waals surface area contributed by atoms with Crippen LogP contribution in [0.25, 0.3) is 11.1 Å². The van der Waals surface area contributed by atoms with E-state index in [1.807, 2.05) is 18.2 Å². The Morgan fingerprint density at radius 1 is 1.17 bits per heavy atom. The molecule has 188 valence electrons. The van der Waals surface area contributed by atoms with E-state index in [1.54, 1.807) is 9.80 Å². The van der Waals surface area contributed by atoms with Crippen LogP contribution in [0.1, 0.15) is 30.9 Å². The molecule has 2 aromatic carbocycles. The van der Waals surface area contributed by atoms with Gasteiger partial charge in [0.15, 0.2) is 5.54 Å². The third-order valence-corrected chi connectivity index (χ3v) is 7.78. The summed E-state index contributed by atoms with van der Waals surface area (Å²) in [6.45, 7) is 4.68. The third-order valence-electron chi connectivity index (χ3n) is 7.78. The van der Waals surface area contributed by atoms with Gasteiger partial charge in [-0.15, -0.1) is 0 Å². The SMILES string of the molecule is CC(O)C(=O)N1CC[C@@H](CN2C(=O)C3(CCOC3)N=C2c2ccc(-c3ccc4c(c3)CCO4)cc2)C1. The van der Waals surface area contributed by atoms with E-state index in [4.69, 9.17) is 14.5 Å². The molecule has 0 aromatic heterocycles. The minimum absolute atomic E-state index is 0.0157. The Bertz CT molecular complexity index is 1220. The average Bonchev–Trinajstić information content (AvgIpc) is 3.69. The van der Waals surface area contributed by atoms with Crippen molar-refractivity contribution in [1.82, 2.24) is 9.80 Å². The predicted octanol–water partition coefficient (Wildman–Crippen LogP) is 2.27. The highest BCUT2D eigenvalue weighted by molar-refractivity contribution is 6.15. The molecule has 8 nitrogen and oxygen atoms in total. The van der Waals surface area contributed by atoms with Gasteiger partial charge in [-0.05, 0) is 48.1 Å². The number of aliphatic imine (C=N–C) groups is 1. The molecule has 0 saturated carbocycles. The van der Waals surface area contributed by atoms with Gasteiger partial charge in [0.05, 0.1) is 13.2 Å². The Kier molecular flexibility index (Phi) is 5.80. The molecule has 1 N–H and O–H groups in total. The van der Waals surface area contributed by atoms with Crippen LogP contribution in [0, 0.1) is 5.92 Å². The van der Waals surface area contributed by atoms with Crippen LogP contribution in [0.4, 0.5) is 0 Å². The first kappa shape index (κ1) is 23.2. The van der Waals surface area contributed by atoms with Crippen LogP contribution < -0.4 is 4.74 Å². The fraction of sp³-hybridized carbons (Fsp3) is 0.464. The van der Waals surface area contributed by atoms with Crippen LogP contribution in [0.5, 0.6) is 5.75 Å². The van der Waals surface area contributed by atoms with E-state index in [-0.39, 0.29) is 17.7 Å². The van der Waals surface area contributed by atoms with E-state index >= 15 is 0 Å². The van der Waals surface area contributed by atoms with Crippen molar-refractivity contribution in [3.05, 3.63) is 53.6 Å². The number of amides is 2. The van der Waals surface area contributed by atoms with Gasteiger partial charge >= 0.3 is 0 Å².